The van der Waals surface area contributed by atoms with Crippen LogP contribution in [0.2, 0.25) is 0 Å². The van der Waals surface area contributed by atoms with Crippen molar-refractivity contribution in [3.63, 3.8) is 0 Å². The van der Waals surface area contributed by atoms with Crippen LogP contribution in [-0.4, -0.2) is 21.2 Å². The van der Waals surface area contributed by atoms with Crippen molar-refractivity contribution >= 4 is 38.8 Å². The predicted molar refractivity (Wildman–Crippen MR) is 89.4 cm³/mol. The number of anilines is 1. The number of nitrogens with zero attached hydrogens (tertiary/aromatic N) is 3. The highest BCUT2D eigenvalue weighted by Crippen LogP contribution is 2.24. The van der Waals surface area contributed by atoms with E-state index < -0.39 is 5.91 Å². The van der Waals surface area contributed by atoms with Crippen LogP contribution in [0, 0.1) is 0 Å². The maximum atomic E-state index is 12.3. The SMILES string of the molecule is O=C(Nc1noc2ncccc12)c1cc(-c2cccc(Br)c2)no1. The first-order chi connectivity index (χ1) is 11.7. The Morgan fingerprint density at radius 1 is 1.08 bits per heavy atom. The van der Waals surface area contributed by atoms with Gasteiger partial charge in [0.1, 0.15) is 5.69 Å². The molecule has 1 aromatic carbocycles. The van der Waals surface area contributed by atoms with Crippen molar-refractivity contribution in [1.29, 1.82) is 0 Å². The van der Waals surface area contributed by atoms with Gasteiger partial charge in [0, 0.05) is 22.3 Å². The van der Waals surface area contributed by atoms with Gasteiger partial charge in [0.2, 0.25) is 5.76 Å². The summed E-state index contributed by atoms with van der Waals surface area (Å²) in [7, 11) is 0. The molecule has 0 aliphatic heterocycles. The average Bonchev–Trinajstić information content (AvgIpc) is 3.23. The van der Waals surface area contributed by atoms with Crippen LogP contribution in [0.1, 0.15) is 10.6 Å². The van der Waals surface area contributed by atoms with Gasteiger partial charge >= 0.3 is 0 Å². The molecule has 0 unspecified atom stereocenters. The summed E-state index contributed by atoms with van der Waals surface area (Å²) in [5, 5.41) is 11.0. The summed E-state index contributed by atoms with van der Waals surface area (Å²) in [5.41, 5.74) is 1.75. The minimum atomic E-state index is -0.470. The molecular formula is C16H9BrN4O3. The van der Waals surface area contributed by atoms with Crippen LogP contribution in [0.5, 0.6) is 0 Å². The van der Waals surface area contributed by atoms with E-state index in [9.17, 15) is 4.79 Å². The van der Waals surface area contributed by atoms with Gasteiger partial charge < -0.3 is 14.4 Å². The number of amides is 1. The van der Waals surface area contributed by atoms with E-state index in [0.29, 0.717) is 16.8 Å². The lowest BCUT2D eigenvalue weighted by Gasteiger charge is -1.97. The molecule has 0 aliphatic carbocycles. The number of carbonyl (C=O) groups excluding carboxylic acids is 1. The molecule has 3 aromatic heterocycles. The Morgan fingerprint density at radius 3 is 2.88 bits per heavy atom. The zero-order chi connectivity index (χ0) is 16.5. The highest BCUT2D eigenvalue weighted by Gasteiger charge is 2.17. The van der Waals surface area contributed by atoms with Gasteiger partial charge in [-0.25, -0.2) is 4.98 Å². The van der Waals surface area contributed by atoms with Crippen molar-refractivity contribution in [3.8, 4) is 11.3 Å². The van der Waals surface area contributed by atoms with Gasteiger partial charge in [0.15, 0.2) is 5.82 Å². The molecule has 1 amide bonds. The molecule has 0 spiro atoms. The topological polar surface area (TPSA) is 94.1 Å². The number of hydrogen-bond acceptors (Lipinski definition) is 6. The highest BCUT2D eigenvalue weighted by atomic mass is 79.9. The van der Waals surface area contributed by atoms with Gasteiger partial charge in [-0.1, -0.05) is 38.4 Å². The van der Waals surface area contributed by atoms with E-state index in [-0.39, 0.29) is 11.6 Å². The lowest BCUT2D eigenvalue weighted by Crippen LogP contribution is -2.11. The molecule has 0 fully saturated rings. The Balaban J connectivity index is 1.59. The van der Waals surface area contributed by atoms with E-state index in [0.717, 1.165) is 10.0 Å². The van der Waals surface area contributed by atoms with Crippen molar-refractivity contribution in [2.45, 2.75) is 0 Å². The van der Waals surface area contributed by atoms with E-state index in [2.05, 4.69) is 36.5 Å². The van der Waals surface area contributed by atoms with Crippen LogP contribution in [0.15, 0.2) is 62.2 Å². The number of carbonyl (C=O) groups is 1. The van der Waals surface area contributed by atoms with Gasteiger partial charge in [0.05, 0.1) is 5.39 Å². The maximum absolute atomic E-state index is 12.3. The second-order valence-electron chi connectivity index (χ2n) is 4.93. The largest absolute Gasteiger partial charge is 0.350 e. The maximum Gasteiger partial charge on any atom is 0.295 e. The number of rotatable bonds is 3. The van der Waals surface area contributed by atoms with E-state index in [1.807, 2.05) is 24.3 Å². The molecule has 8 heteroatoms. The third-order valence-corrected chi connectivity index (χ3v) is 3.83. The summed E-state index contributed by atoms with van der Waals surface area (Å²) < 4.78 is 11.1. The smallest absolute Gasteiger partial charge is 0.295 e. The Morgan fingerprint density at radius 2 is 2.00 bits per heavy atom. The zero-order valence-electron chi connectivity index (χ0n) is 12.1. The number of nitrogens with one attached hydrogen (secondary N) is 1. The number of hydrogen-bond donors (Lipinski definition) is 1. The molecule has 0 aliphatic rings. The Kier molecular flexibility index (Phi) is 3.58. The third kappa shape index (κ3) is 2.67. The normalized spacial score (nSPS) is 10.9. The monoisotopic (exact) mass is 384 g/mol. The standard InChI is InChI=1S/C16H9BrN4O3/c17-10-4-1-3-9(7-10)12-8-13(23-20-12)15(22)19-14-11-5-2-6-18-16(11)24-21-14/h1-8H,(H,19,21,22). The zero-order valence-corrected chi connectivity index (χ0v) is 13.6. The molecule has 0 radical (unpaired) electrons. The Labute approximate surface area is 143 Å². The van der Waals surface area contributed by atoms with Crippen molar-refractivity contribution < 1.29 is 13.8 Å². The van der Waals surface area contributed by atoms with Crippen LogP contribution in [-0.2, 0) is 0 Å². The van der Waals surface area contributed by atoms with Crippen LogP contribution in [0.3, 0.4) is 0 Å². The predicted octanol–water partition coefficient (Wildman–Crippen LogP) is 3.89. The number of fused-ring (bicyclic) bond motifs is 1. The fourth-order valence-corrected chi connectivity index (χ4v) is 2.61. The summed E-state index contributed by atoms with van der Waals surface area (Å²) in [4.78, 5) is 16.3. The minimum Gasteiger partial charge on any atom is -0.350 e. The Bertz CT molecular complexity index is 1040. The van der Waals surface area contributed by atoms with Gasteiger partial charge in [-0.3, -0.25) is 4.79 Å². The van der Waals surface area contributed by atoms with Crippen molar-refractivity contribution in [3.05, 3.63) is 58.9 Å². The molecule has 24 heavy (non-hydrogen) atoms. The molecule has 1 N–H and O–H groups in total. The van der Waals surface area contributed by atoms with Crippen molar-refractivity contribution in [2.24, 2.45) is 0 Å². The van der Waals surface area contributed by atoms with Gasteiger partial charge in [-0.2, -0.15) is 0 Å². The first kappa shape index (κ1) is 14.6. The molecule has 0 saturated carbocycles. The molecule has 0 saturated heterocycles. The number of halogens is 1. The molecule has 3 heterocycles. The average molecular weight is 385 g/mol. The van der Waals surface area contributed by atoms with Gasteiger partial charge in [-0.15, -0.1) is 0 Å². The van der Waals surface area contributed by atoms with E-state index in [1.54, 1.807) is 24.4 Å². The first-order valence-corrected chi connectivity index (χ1v) is 7.74. The summed E-state index contributed by atoms with van der Waals surface area (Å²) in [6.07, 6.45) is 1.58. The Hall–Kier alpha value is -3.00. The van der Waals surface area contributed by atoms with Gasteiger partial charge in [-0.05, 0) is 24.3 Å². The number of pyridine rings is 1. The van der Waals surface area contributed by atoms with Crippen LogP contribution < -0.4 is 5.32 Å². The number of benzene rings is 1. The molecule has 0 atom stereocenters. The summed E-state index contributed by atoms with van der Waals surface area (Å²) >= 11 is 3.40. The quantitative estimate of drug-likeness (QED) is 0.575. The molecule has 0 bridgehead atoms. The van der Waals surface area contributed by atoms with Crippen molar-refractivity contribution in [2.75, 3.05) is 5.32 Å². The first-order valence-electron chi connectivity index (χ1n) is 6.95. The summed E-state index contributed by atoms with van der Waals surface area (Å²) in [6.45, 7) is 0. The van der Waals surface area contributed by atoms with Crippen LogP contribution >= 0.6 is 15.9 Å². The fourth-order valence-electron chi connectivity index (χ4n) is 2.21. The second kappa shape index (κ2) is 5.89. The molecule has 7 nitrogen and oxygen atoms in total. The van der Waals surface area contributed by atoms with E-state index in [1.165, 1.54) is 0 Å². The molecule has 4 aromatic rings. The van der Waals surface area contributed by atoms with Crippen molar-refractivity contribution in [1.82, 2.24) is 15.3 Å². The lowest BCUT2D eigenvalue weighted by atomic mass is 10.1. The fraction of sp³-hybridized carbons (Fsp3) is 0. The number of aromatic nitrogens is 3. The minimum absolute atomic E-state index is 0.0741. The third-order valence-electron chi connectivity index (χ3n) is 3.34. The van der Waals surface area contributed by atoms with E-state index >= 15 is 0 Å². The molecule has 4 rings (SSSR count). The summed E-state index contributed by atoms with van der Waals surface area (Å²) in [6, 6.07) is 12.6. The summed E-state index contributed by atoms with van der Waals surface area (Å²) in [5.74, 6) is -0.115. The lowest BCUT2D eigenvalue weighted by molar-refractivity contribution is 0.0987. The molecular weight excluding hydrogens is 376 g/mol. The highest BCUT2D eigenvalue weighted by molar-refractivity contribution is 9.10. The molecule has 118 valence electrons. The second-order valence-corrected chi connectivity index (χ2v) is 5.84. The van der Waals surface area contributed by atoms with Crippen LogP contribution in [0.4, 0.5) is 5.82 Å². The van der Waals surface area contributed by atoms with E-state index in [4.69, 9.17) is 9.05 Å². The van der Waals surface area contributed by atoms with Gasteiger partial charge in [0.25, 0.3) is 11.6 Å². The van der Waals surface area contributed by atoms with Crippen LogP contribution in [0.25, 0.3) is 22.4 Å².